The lowest BCUT2D eigenvalue weighted by Crippen LogP contribution is -2.17. The number of hydrogen-bond acceptors (Lipinski definition) is 6. The first-order valence-electron chi connectivity index (χ1n) is 10.6. The summed E-state index contributed by atoms with van der Waals surface area (Å²) < 4.78 is 16.5. The van der Waals surface area contributed by atoms with E-state index in [-0.39, 0.29) is 5.91 Å². The number of para-hydroxylation sites is 2. The zero-order chi connectivity index (χ0) is 22.3. The van der Waals surface area contributed by atoms with Gasteiger partial charge >= 0.3 is 5.97 Å². The first-order valence-corrected chi connectivity index (χ1v) is 11.4. The summed E-state index contributed by atoms with van der Waals surface area (Å²) in [5.74, 6) is 0.484. The van der Waals surface area contributed by atoms with Crippen LogP contribution in [0.3, 0.4) is 0 Å². The van der Waals surface area contributed by atoms with Crippen LogP contribution in [0, 0.1) is 0 Å². The molecule has 4 rings (SSSR count). The molecule has 0 spiro atoms. The van der Waals surface area contributed by atoms with Gasteiger partial charge in [0.15, 0.2) is 0 Å². The molecule has 0 fully saturated rings. The van der Waals surface area contributed by atoms with Crippen molar-refractivity contribution in [1.29, 1.82) is 0 Å². The second-order valence-electron chi connectivity index (χ2n) is 7.37. The van der Waals surface area contributed by atoms with Gasteiger partial charge in [-0.3, -0.25) is 4.79 Å². The zero-order valence-electron chi connectivity index (χ0n) is 17.9. The summed E-state index contributed by atoms with van der Waals surface area (Å²) in [7, 11) is 1.36. The average molecular weight is 452 g/mol. The van der Waals surface area contributed by atoms with E-state index >= 15 is 0 Å². The van der Waals surface area contributed by atoms with Gasteiger partial charge in [-0.15, -0.1) is 11.3 Å². The number of anilines is 1. The Hall–Kier alpha value is -3.32. The van der Waals surface area contributed by atoms with Gasteiger partial charge in [-0.2, -0.15) is 0 Å². The van der Waals surface area contributed by atoms with Crippen LogP contribution in [0.25, 0.3) is 0 Å². The van der Waals surface area contributed by atoms with E-state index in [1.807, 2.05) is 36.4 Å². The molecule has 32 heavy (non-hydrogen) atoms. The van der Waals surface area contributed by atoms with Crippen molar-refractivity contribution in [3.8, 4) is 11.5 Å². The van der Waals surface area contributed by atoms with Gasteiger partial charge in [0.25, 0.3) is 5.91 Å². The Bertz CT molecular complexity index is 1090. The number of rotatable bonds is 8. The molecule has 1 amide bonds. The summed E-state index contributed by atoms with van der Waals surface area (Å²) in [6, 6.07) is 16.5. The van der Waals surface area contributed by atoms with Gasteiger partial charge in [0.05, 0.1) is 18.2 Å². The average Bonchev–Trinajstić information content (AvgIpc) is 3.20. The fraction of sp³-hybridized carbons (Fsp3) is 0.280. The summed E-state index contributed by atoms with van der Waals surface area (Å²) >= 11 is 1.46. The lowest BCUT2D eigenvalue weighted by Gasteiger charge is -2.13. The van der Waals surface area contributed by atoms with Crippen LogP contribution >= 0.6 is 11.3 Å². The summed E-state index contributed by atoms with van der Waals surface area (Å²) in [6.07, 6.45) is 3.86. The Morgan fingerprint density at radius 3 is 2.47 bits per heavy atom. The second-order valence-corrected chi connectivity index (χ2v) is 8.47. The van der Waals surface area contributed by atoms with Gasteiger partial charge in [-0.25, -0.2) is 4.79 Å². The third kappa shape index (κ3) is 4.94. The molecule has 7 heteroatoms. The highest BCUT2D eigenvalue weighted by Crippen LogP contribution is 2.39. The summed E-state index contributed by atoms with van der Waals surface area (Å²) in [4.78, 5) is 26.7. The van der Waals surface area contributed by atoms with Crippen molar-refractivity contribution in [2.75, 3.05) is 25.6 Å². The molecule has 166 valence electrons. The summed E-state index contributed by atoms with van der Waals surface area (Å²) in [6.45, 7) is 0.643. The van der Waals surface area contributed by atoms with Crippen LogP contribution in [-0.4, -0.2) is 32.2 Å². The van der Waals surface area contributed by atoms with E-state index in [0.717, 1.165) is 41.9 Å². The highest BCUT2D eigenvalue weighted by Gasteiger charge is 2.27. The fourth-order valence-electron chi connectivity index (χ4n) is 3.75. The number of methoxy groups -OCH3 is 1. The number of carbonyl (C=O) groups excluding carboxylic acids is 2. The van der Waals surface area contributed by atoms with Crippen LogP contribution in [0.15, 0.2) is 54.6 Å². The third-order valence-corrected chi connectivity index (χ3v) is 6.48. The van der Waals surface area contributed by atoms with Crippen LogP contribution in [0.4, 0.5) is 5.00 Å². The number of aryl methyl sites for hydroxylation is 1. The molecule has 0 saturated heterocycles. The molecular formula is C25H25NO5S. The molecule has 1 aliphatic rings. The first-order chi connectivity index (χ1) is 15.7. The lowest BCUT2D eigenvalue weighted by molar-refractivity contribution is 0.0601. The van der Waals surface area contributed by atoms with Crippen LogP contribution in [0.2, 0.25) is 0 Å². The first kappa shape index (κ1) is 21.9. The van der Waals surface area contributed by atoms with E-state index < -0.39 is 5.97 Å². The highest BCUT2D eigenvalue weighted by atomic mass is 32.1. The molecule has 0 radical (unpaired) electrons. The maximum Gasteiger partial charge on any atom is 0.341 e. The number of thiophene rings is 1. The van der Waals surface area contributed by atoms with Crippen LogP contribution in [0.1, 0.15) is 44.0 Å². The fourth-order valence-corrected chi connectivity index (χ4v) is 5.02. The Morgan fingerprint density at radius 2 is 1.66 bits per heavy atom. The number of fused-ring (bicyclic) bond motifs is 1. The predicted molar refractivity (Wildman–Crippen MR) is 124 cm³/mol. The predicted octanol–water partition coefficient (Wildman–Crippen LogP) is 5.12. The van der Waals surface area contributed by atoms with Crippen molar-refractivity contribution in [3.63, 3.8) is 0 Å². The number of esters is 1. The maximum atomic E-state index is 13.1. The molecule has 0 aliphatic heterocycles. The summed E-state index contributed by atoms with van der Waals surface area (Å²) in [5.41, 5.74) is 1.88. The number of ether oxygens (including phenoxy) is 3. The number of nitrogens with one attached hydrogen (secondary N) is 1. The van der Waals surface area contributed by atoms with E-state index in [2.05, 4.69) is 5.32 Å². The monoisotopic (exact) mass is 451 g/mol. The number of benzene rings is 2. The number of amides is 1. The zero-order valence-corrected chi connectivity index (χ0v) is 18.7. The highest BCUT2D eigenvalue weighted by molar-refractivity contribution is 7.17. The molecule has 0 saturated carbocycles. The minimum atomic E-state index is -0.415. The Labute approximate surface area is 191 Å². The molecule has 3 aromatic rings. The topological polar surface area (TPSA) is 73.9 Å². The quantitative estimate of drug-likeness (QED) is 0.380. The van der Waals surface area contributed by atoms with Gasteiger partial charge in [0.1, 0.15) is 29.7 Å². The standard InChI is InChI=1S/C25H25NO5S/c1-29-25(28)22-19-12-6-8-14-21(19)32-24(22)26-23(27)18-11-5-7-13-20(18)31-16-15-30-17-9-3-2-4-10-17/h2-5,7,9-11,13H,6,8,12,14-16H2,1H3,(H,26,27). The lowest BCUT2D eigenvalue weighted by atomic mass is 9.95. The molecule has 2 aromatic carbocycles. The SMILES string of the molecule is COC(=O)c1c(NC(=O)c2ccccc2OCCOc2ccccc2)sc2c1CCCC2. The molecule has 0 unspecified atom stereocenters. The Morgan fingerprint density at radius 1 is 0.938 bits per heavy atom. The van der Waals surface area contributed by atoms with E-state index in [4.69, 9.17) is 14.2 Å². The molecular weight excluding hydrogens is 426 g/mol. The van der Waals surface area contributed by atoms with Crippen molar-refractivity contribution >= 4 is 28.2 Å². The van der Waals surface area contributed by atoms with Gasteiger partial charge in [0, 0.05) is 4.88 Å². The minimum Gasteiger partial charge on any atom is -0.490 e. The number of carbonyl (C=O) groups is 2. The van der Waals surface area contributed by atoms with E-state index in [9.17, 15) is 9.59 Å². The molecule has 0 bridgehead atoms. The van der Waals surface area contributed by atoms with Crippen LogP contribution in [-0.2, 0) is 17.6 Å². The maximum absolute atomic E-state index is 13.1. The second kappa shape index (κ2) is 10.3. The van der Waals surface area contributed by atoms with Crippen molar-refractivity contribution < 1.29 is 23.8 Å². The van der Waals surface area contributed by atoms with Crippen molar-refractivity contribution in [2.45, 2.75) is 25.7 Å². The van der Waals surface area contributed by atoms with Crippen molar-refractivity contribution in [3.05, 3.63) is 76.2 Å². The normalized spacial score (nSPS) is 12.5. The van der Waals surface area contributed by atoms with Gasteiger partial charge in [0.2, 0.25) is 0 Å². The van der Waals surface area contributed by atoms with Crippen molar-refractivity contribution in [1.82, 2.24) is 0 Å². The van der Waals surface area contributed by atoms with Crippen molar-refractivity contribution in [2.24, 2.45) is 0 Å². The van der Waals surface area contributed by atoms with E-state index in [1.54, 1.807) is 18.2 Å². The molecule has 0 atom stereocenters. The Balaban J connectivity index is 1.46. The third-order valence-electron chi connectivity index (χ3n) is 5.27. The molecule has 1 aromatic heterocycles. The van der Waals surface area contributed by atoms with Crippen LogP contribution in [0.5, 0.6) is 11.5 Å². The molecule has 1 N–H and O–H groups in total. The van der Waals surface area contributed by atoms with Gasteiger partial charge < -0.3 is 19.5 Å². The number of hydrogen-bond donors (Lipinski definition) is 1. The summed E-state index contributed by atoms with van der Waals surface area (Å²) in [5, 5.41) is 3.46. The molecule has 6 nitrogen and oxygen atoms in total. The van der Waals surface area contributed by atoms with Gasteiger partial charge in [-0.05, 0) is 55.5 Å². The molecule has 1 aliphatic carbocycles. The largest absolute Gasteiger partial charge is 0.490 e. The smallest absolute Gasteiger partial charge is 0.341 e. The van der Waals surface area contributed by atoms with E-state index in [1.165, 1.54) is 18.4 Å². The van der Waals surface area contributed by atoms with E-state index in [0.29, 0.717) is 35.1 Å². The van der Waals surface area contributed by atoms with Crippen LogP contribution < -0.4 is 14.8 Å². The molecule has 1 heterocycles. The minimum absolute atomic E-state index is 0.292. The van der Waals surface area contributed by atoms with Gasteiger partial charge in [-0.1, -0.05) is 30.3 Å². The Kier molecular flexibility index (Phi) is 7.07.